The molecule has 0 aliphatic heterocycles. The molecule has 0 bridgehead atoms. The van der Waals surface area contributed by atoms with Crippen molar-refractivity contribution in [2.75, 3.05) is 18.6 Å². The van der Waals surface area contributed by atoms with E-state index in [1.807, 2.05) is 0 Å². The van der Waals surface area contributed by atoms with Crippen molar-refractivity contribution in [1.29, 1.82) is 0 Å². The molecule has 0 aliphatic rings. The molecular weight excluding hydrogens is 465 g/mol. The zero-order valence-electron chi connectivity index (χ0n) is 18.8. The second-order valence-electron chi connectivity index (χ2n) is 7.35. The monoisotopic (exact) mass is 486 g/mol. The summed E-state index contributed by atoms with van der Waals surface area (Å²) in [7, 11) is 1.14. The third kappa shape index (κ3) is 6.40. The highest BCUT2D eigenvalue weighted by Gasteiger charge is 2.24. The second kappa shape index (κ2) is 11.2. The number of ether oxygens (including phenoxy) is 1. The SMILES string of the molecule is COC(=O)c1cc(-c2ccc(C(=O)NCc3ccc(F)nc3)cn2)ccc1N(CC(F)F)C(C)=O. The zero-order chi connectivity index (χ0) is 25.5. The Labute approximate surface area is 198 Å². The van der Waals surface area contributed by atoms with Gasteiger partial charge in [0.1, 0.15) is 0 Å². The summed E-state index contributed by atoms with van der Waals surface area (Å²) in [5.74, 6) is -2.50. The molecule has 0 saturated heterocycles. The Hall–Kier alpha value is -4.28. The van der Waals surface area contributed by atoms with Gasteiger partial charge in [-0.1, -0.05) is 12.1 Å². The van der Waals surface area contributed by atoms with Gasteiger partial charge < -0.3 is 15.0 Å². The van der Waals surface area contributed by atoms with E-state index in [0.29, 0.717) is 16.8 Å². The largest absolute Gasteiger partial charge is 0.465 e. The molecular formula is C24H21F3N4O4. The number of carbonyl (C=O) groups excluding carboxylic acids is 3. The number of nitrogens with one attached hydrogen (secondary N) is 1. The van der Waals surface area contributed by atoms with Crippen molar-refractivity contribution in [2.45, 2.75) is 19.9 Å². The summed E-state index contributed by atoms with van der Waals surface area (Å²) in [6.45, 7) is 0.382. The molecule has 3 rings (SSSR count). The van der Waals surface area contributed by atoms with E-state index >= 15 is 0 Å². The molecule has 1 aromatic carbocycles. The van der Waals surface area contributed by atoms with Crippen molar-refractivity contribution >= 4 is 23.5 Å². The van der Waals surface area contributed by atoms with Crippen LogP contribution in [0.5, 0.6) is 0 Å². The van der Waals surface area contributed by atoms with Gasteiger partial charge in [0.15, 0.2) is 0 Å². The number of methoxy groups -OCH3 is 1. The highest BCUT2D eigenvalue weighted by Crippen LogP contribution is 2.28. The van der Waals surface area contributed by atoms with Crippen LogP contribution in [-0.2, 0) is 16.1 Å². The van der Waals surface area contributed by atoms with E-state index in [-0.39, 0.29) is 23.4 Å². The maximum absolute atomic E-state index is 13.0. The van der Waals surface area contributed by atoms with Crippen molar-refractivity contribution in [3.05, 3.63) is 77.5 Å². The summed E-state index contributed by atoms with van der Waals surface area (Å²) in [5, 5.41) is 2.67. The van der Waals surface area contributed by atoms with Gasteiger partial charge in [-0.25, -0.2) is 18.6 Å². The lowest BCUT2D eigenvalue weighted by molar-refractivity contribution is -0.117. The maximum Gasteiger partial charge on any atom is 0.340 e. The fourth-order valence-electron chi connectivity index (χ4n) is 3.23. The Bertz CT molecular complexity index is 1220. The molecule has 2 heterocycles. The van der Waals surface area contributed by atoms with E-state index in [0.717, 1.165) is 18.9 Å². The standard InChI is InChI=1S/C24H21F3N4O4/c1-14(32)31(13-21(25)26)20-7-5-16(9-18(20)24(34)35-2)19-6-4-17(12-28-19)23(33)30-11-15-3-8-22(27)29-10-15/h3-10,12,21H,11,13H2,1-2H3,(H,30,33). The topological polar surface area (TPSA) is 101 Å². The van der Waals surface area contributed by atoms with Crippen LogP contribution in [-0.4, -0.2) is 47.8 Å². The molecule has 0 aliphatic carbocycles. The van der Waals surface area contributed by atoms with Gasteiger partial charge in [0, 0.05) is 31.4 Å². The molecule has 0 radical (unpaired) electrons. The molecule has 0 fully saturated rings. The van der Waals surface area contributed by atoms with Gasteiger partial charge in [0.25, 0.3) is 12.3 Å². The molecule has 0 atom stereocenters. The average Bonchev–Trinajstić information content (AvgIpc) is 2.86. The van der Waals surface area contributed by atoms with E-state index in [9.17, 15) is 27.6 Å². The molecule has 2 amide bonds. The van der Waals surface area contributed by atoms with Gasteiger partial charge in [-0.2, -0.15) is 4.39 Å². The number of aromatic nitrogens is 2. The Morgan fingerprint density at radius 1 is 1.06 bits per heavy atom. The number of amides is 2. The summed E-state index contributed by atoms with van der Waals surface area (Å²) >= 11 is 0. The fraction of sp³-hybridized carbons (Fsp3) is 0.208. The number of pyridine rings is 2. The molecule has 8 nitrogen and oxygen atoms in total. The summed E-state index contributed by atoms with van der Waals surface area (Å²) in [5.41, 5.74) is 1.61. The summed E-state index contributed by atoms with van der Waals surface area (Å²) in [6.07, 6.45) is -0.157. The number of benzene rings is 1. The summed E-state index contributed by atoms with van der Waals surface area (Å²) in [6, 6.07) is 10.0. The molecule has 0 unspecified atom stereocenters. The maximum atomic E-state index is 13.0. The van der Waals surface area contributed by atoms with Crippen molar-refractivity contribution in [3.8, 4) is 11.3 Å². The molecule has 3 aromatic rings. The Morgan fingerprint density at radius 3 is 2.40 bits per heavy atom. The Balaban J connectivity index is 1.82. The molecule has 0 spiro atoms. The van der Waals surface area contributed by atoms with Crippen molar-refractivity contribution in [2.24, 2.45) is 0 Å². The third-order valence-corrected chi connectivity index (χ3v) is 4.96. The van der Waals surface area contributed by atoms with Gasteiger partial charge in [-0.15, -0.1) is 0 Å². The molecule has 35 heavy (non-hydrogen) atoms. The number of nitrogens with zero attached hydrogens (tertiary/aromatic N) is 3. The summed E-state index contributed by atoms with van der Waals surface area (Å²) < 4.78 is 43.6. The minimum atomic E-state index is -2.80. The number of alkyl halides is 2. The molecule has 1 N–H and O–H groups in total. The number of carbonyl (C=O) groups is 3. The van der Waals surface area contributed by atoms with Crippen molar-refractivity contribution in [3.63, 3.8) is 0 Å². The second-order valence-corrected chi connectivity index (χ2v) is 7.35. The van der Waals surface area contributed by atoms with Crippen LogP contribution < -0.4 is 10.2 Å². The molecule has 182 valence electrons. The molecule has 11 heteroatoms. The Kier molecular flexibility index (Phi) is 8.13. The van der Waals surface area contributed by atoms with Gasteiger partial charge in [0.05, 0.1) is 36.2 Å². The number of halogens is 3. The first-order chi connectivity index (χ1) is 16.7. The number of rotatable bonds is 8. The van der Waals surface area contributed by atoms with Crippen LogP contribution in [0.25, 0.3) is 11.3 Å². The number of hydrogen-bond donors (Lipinski definition) is 1. The van der Waals surface area contributed by atoms with Gasteiger partial charge >= 0.3 is 5.97 Å². The first-order valence-corrected chi connectivity index (χ1v) is 10.3. The van der Waals surface area contributed by atoms with Crippen LogP contribution in [0.3, 0.4) is 0 Å². The van der Waals surface area contributed by atoms with Crippen LogP contribution in [0.15, 0.2) is 54.9 Å². The van der Waals surface area contributed by atoms with Crippen LogP contribution >= 0.6 is 0 Å². The van der Waals surface area contributed by atoms with Crippen LogP contribution in [0.1, 0.15) is 33.2 Å². The highest BCUT2D eigenvalue weighted by molar-refractivity contribution is 6.03. The molecule has 0 saturated carbocycles. The average molecular weight is 486 g/mol. The zero-order valence-corrected chi connectivity index (χ0v) is 18.8. The van der Waals surface area contributed by atoms with E-state index in [2.05, 4.69) is 15.3 Å². The van der Waals surface area contributed by atoms with Gasteiger partial charge in [-0.3, -0.25) is 14.6 Å². The van der Waals surface area contributed by atoms with Gasteiger partial charge in [0.2, 0.25) is 11.9 Å². The normalized spacial score (nSPS) is 10.7. The van der Waals surface area contributed by atoms with Crippen molar-refractivity contribution in [1.82, 2.24) is 15.3 Å². The van der Waals surface area contributed by atoms with Crippen molar-refractivity contribution < 1.29 is 32.3 Å². The van der Waals surface area contributed by atoms with E-state index < -0.39 is 36.7 Å². The number of esters is 1. The quantitative estimate of drug-likeness (QED) is 0.386. The lowest BCUT2D eigenvalue weighted by Gasteiger charge is -2.23. The summed E-state index contributed by atoms with van der Waals surface area (Å²) in [4.78, 5) is 45.2. The first kappa shape index (κ1) is 25.3. The number of hydrogen-bond acceptors (Lipinski definition) is 6. The van der Waals surface area contributed by atoms with Crippen LogP contribution in [0.4, 0.5) is 18.9 Å². The predicted molar refractivity (Wildman–Crippen MR) is 120 cm³/mol. The van der Waals surface area contributed by atoms with E-state index in [1.165, 1.54) is 48.8 Å². The lowest BCUT2D eigenvalue weighted by Crippen LogP contribution is -2.34. The van der Waals surface area contributed by atoms with Crippen LogP contribution in [0, 0.1) is 5.95 Å². The van der Waals surface area contributed by atoms with E-state index in [4.69, 9.17) is 4.74 Å². The lowest BCUT2D eigenvalue weighted by atomic mass is 10.0. The minimum absolute atomic E-state index is 0.0142. The Morgan fingerprint density at radius 2 is 1.83 bits per heavy atom. The highest BCUT2D eigenvalue weighted by atomic mass is 19.3. The van der Waals surface area contributed by atoms with E-state index in [1.54, 1.807) is 6.07 Å². The third-order valence-electron chi connectivity index (χ3n) is 4.96. The predicted octanol–water partition coefficient (Wildman–Crippen LogP) is 3.62. The smallest absolute Gasteiger partial charge is 0.340 e. The number of anilines is 1. The fourth-order valence-corrected chi connectivity index (χ4v) is 3.23. The van der Waals surface area contributed by atoms with Crippen LogP contribution in [0.2, 0.25) is 0 Å². The minimum Gasteiger partial charge on any atom is -0.465 e. The van der Waals surface area contributed by atoms with Gasteiger partial charge in [-0.05, 0) is 35.9 Å². The first-order valence-electron chi connectivity index (χ1n) is 10.3. The molecule has 2 aromatic heterocycles.